The second-order valence-electron chi connectivity index (χ2n) is 4.67. The van der Waals surface area contributed by atoms with Gasteiger partial charge in [0.1, 0.15) is 23.4 Å². The molecule has 1 N–H and O–H groups in total. The minimum atomic E-state index is 0.262. The van der Waals surface area contributed by atoms with Crippen LogP contribution in [0.1, 0.15) is 19.8 Å². The van der Waals surface area contributed by atoms with Gasteiger partial charge in [0.15, 0.2) is 0 Å². The highest BCUT2D eigenvalue weighted by Gasteiger charge is 2.20. The summed E-state index contributed by atoms with van der Waals surface area (Å²) in [5.41, 5.74) is 0. The molecule has 4 heteroatoms. The molecule has 2 rings (SSSR count). The average molecular weight is 251 g/mol. The molecule has 1 aromatic carbocycles. The lowest BCUT2D eigenvalue weighted by Crippen LogP contribution is -2.40. The minimum absolute atomic E-state index is 0.262. The van der Waals surface area contributed by atoms with Crippen LogP contribution in [0.5, 0.6) is 17.2 Å². The third-order valence-electron chi connectivity index (χ3n) is 3.20. The van der Waals surface area contributed by atoms with Crippen LogP contribution in [0.2, 0.25) is 0 Å². The second-order valence-corrected chi connectivity index (χ2v) is 4.67. The van der Waals surface area contributed by atoms with Crippen molar-refractivity contribution in [2.24, 2.45) is 0 Å². The third kappa shape index (κ3) is 3.29. The van der Waals surface area contributed by atoms with Crippen LogP contribution in [0, 0.1) is 0 Å². The normalized spacial score (nSPS) is 23.5. The van der Waals surface area contributed by atoms with Gasteiger partial charge in [0.25, 0.3) is 0 Å². The predicted molar refractivity (Wildman–Crippen MR) is 70.7 cm³/mol. The predicted octanol–water partition coefficient (Wildman–Crippen LogP) is 2.22. The topological polar surface area (TPSA) is 39.7 Å². The maximum atomic E-state index is 6.01. The zero-order valence-corrected chi connectivity index (χ0v) is 11.2. The lowest BCUT2D eigenvalue weighted by molar-refractivity contribution is 0.143. The fourth-order valence-electron chi connectivity index (χ4n) is 2.24. The van der Waals surface area contributed by atoms with Crippen LogP contribution in [0.25, 0.3) is 0 Å². The summed E-state index contributed by atoms with van der Waals surface area (Å²) in [7, 11) is 3.29. The Morgan fingerprint density at radius 1 is 1.06 bits per heavy atom. The van der Waals surface area contributed by atoms with Crippen molar-refractivity contribution in [1.82, 2.24) is 5.32 Å². The first-order valence-corrected chi connectivity index (χ1v) is 6.34. The Morgan fingerprint density at radius 2 is 1.67 bits per heavy atom. The van der Waals surface area contributed by atoms with Gasteiger partial charge in [0.2, 0.25) is 0 Å². The summed E-state index contributed by atoms with van der Waals surface area (Å²) < 4.78 is 16.5. The van der Waals surface area contributed by atoms with Gasteiger partial charge in [-0.3, -0.25) is 0 Å². The van der Waals surface area contributed by atoms with E-state index in [0.29, 0.717) is 6.04 Å². The summed E-state index contributed by atoms with van der Waals surface area (Å²) in [6.07, 6.45) is 2.32. The van der Waals surface area contributed by atoms with E-state index >= 15 is 0 Å². The molecular formula is C14H21NO3. The van der Waals surface area contributed by atoms with Gasteiger partial charge in [-0.05, 0) is 26.3 Å². The lowest BCUT2D eigenvalue weighted by Gasteiger charge is -2.28. The standard InChI is InChI=1S/C14H21NO3/c1-10-6-11(4-5-15-10)18-14-8-12(16-2)7-13(9-14)17-3/h7-11,15H,4-6H2,1-3H3. The molecule has 1 aliphatic heterocycles. The second kappa shape index (κ2) is 5.96. The van der Waals surface area contributed by atoms with Gasteiger partial charge < -0.3 is 19.5 Å². The molecule has 18 heavy (non-hydrogen) atoms. The largest absolute Gasteiger partial charge is 0.496 e. The van der Waals surface area contributed by atoms with E-state index in [1.54, 1.807) is 14.2 Å². The van der Waals surface area contributed by atoms with Crippen LogP contribution in [-0.4, -0.2) is 32.9 Å². The van der Waals surface area contributed by atoms with E-state index in [1.165, 1.54) is 0 Å². The molecule has 0 aliphatic carbocycles. The van der Waals surface area contributed by atoms with E-state index in [0.717, 1.165) is 36.6 Å². The van der Waals surface area contributed by atoms with Crippen LogP contribution in [0.4, 0.5) is 0 Å². The molecule has 1 aromatic rings. The van der Waals surface area contributed by atoms with Gasteiger partial charge in [-0.1, -0.05) is 0 Å². The molecule has 2 unspecified atom stereocenters. The van der Waals surface area contributed by atoms with Crippen molar-refractivity contribution >= 4 is 0 Å². The van der Waals surface area contributed by atoms with E-state index in [-0.39, 0.29) is 6.10 Å². The Bertz CT molecular complexity index is 372. The number of methoxy groups -OCH3 is 2. The molecule has 100 valence electrons. The smallest absolute Gasteiger partial charge is 0.127 e. The summed E-state index contributed by atoms with van der Waals surface area (Å²) in [6, 6.07) is 6.15. The summed E-state index contributed by atoms with van der Waals surface area (Å²) in [4.78, 5) is 0. The molecule has 0 aromatic heterocycles. The molecule has 0 saturated carbocycles. The van der Waals surface area contributed by atoms with Crippen molar-refractivity contribution < 1.29 is 14.2 Å². The Hall–Kier alpha value is -1.42. The first-order chi connectivity index (χ1) is 8.71. The Morgan fingerprint density at radius 3 is 2.22 bits per heavy atom. The van der Waals surface area contributed by atoms with Crippen molar-refractivity contribution in [3.63, 3.8) is 0 Å². The highest BCUT2D eigenvalue weighted by atomic mass is 16.5. The van der Waals surface area contributed by atoms with Gasteiger partial charge in [-0.15, -0.1) is 0 Å². The number of ether oxygens (including phenoxy) is 3. The summed E-state index contributed by atoms with van der Waals surface area (Å²) >= 11 is 0. The molecule has 4 nitrogen and oxygen atoms in total. The number of hydrogen-bond acceptors (Lipinski definition) is 4. The lowest BCUT2D eigenvalue weighted by atomic mass is 10.0. The molecular weight excluding hydrogens is 230 g/mol. The molecule has 2 atom stereocenters. The van der Waals surface area contributed by atoms with Crippen LogP contribution >= 0.6 is 0 Å². The van der Waals surface area contributed by atoms with E-state index < -0.39 is 0 Å². The molecule has 0 radical (unpaired) electrons. The molecule has 1 heterocycles. The third-order valence-corrected chi connectivity index (χ3v) is 3.20. The van der Waals surface area contributed by atoms with E-state index in [9.17, 15) is 0 Å². The zero-order valence-electron chi connectivity index (χ0n) is 11.2. The van der Waals surface area contributed by atoms with E-state index in [1.807, 2.05) is 18.2 Å². The monoisotopic (exact) mass is 251 g/mol. The number of benzene rings is 1. The van der Waals surface area contributed by atoms with E-state index in [4.69, 9.17) is 14.2 Å². The number of piperidine rings is 1. The van der Waals surface area contributed by atoms with Crippen molar-refractivity contribution in [2.45, 2.75) is 31.9 Å². The first-order valence-electron chi connectivity index (χ1n) is 6.34. The molecule has 1 fully saturated rings. The Labute approximate surface area is 108 Å². The Balaban J connectivity index is 2.07. The molecule has 0 spiro atoms. The van der Waals surface area contributed by atoms with Crippen molar-refractivity contribution in [3.8, 4) is 17.2 Å². The quantitative estimate of drug-likeness (QED) is 0.890. The SMILES string of the molecule is COc1cc(OC)cc(OC2CCNC(C)C2)c1. The number of rotatable bonds is 4. The van der Waals surface area contributed by atoms with E-state index in [2.05, 4.69) is 12.2 Å². The van der Waals surface area contributed by atoms with Gasteiger partial charge in [0, 0.05) is 24.2 Å². The van der Waals surface area contributed by atoms with Crippen LogP contribution in [0.15, 0.2) is 18.2 Å². The van der Waals surface area contributed by atoms with Crippen LogP contribution in [0.3, 0.4) is 0 Å². The maximum Gasteiger partial charge on any atom is 0.127 e. The highest BCUT2D eigenvalue weighted by molar-refractivity contribution is 5.42. The summed E-state index contributed by atoms with van der Waals surface area (Å²) in [6.45, 7) is 3.19. The summed E-state index contributed by atoms with van der Waals surface area (Å²) in [5, 5.41) is 3.41. The Kier molecular flexibility index (Phi) is 4.31. The minimum Gasteiger partial charge on any atom is -0.496 e. The molecule has 1 aliphatic rings. The van der Waals surface area contributed by atoms with Crippen molar-refractivity contribution in [3.05, 3.63) is 18.2 Å². The zero-order chi connectivity index (χ0) is 13.0. The molecule has 0 bridgehead atoms. The fourth-order valence-corrected chi connectivity index (χ4v) is 2.24. The van der Waals surface area contributed by atoms with Crippen molar-refractivity contribution in [2.75, 3.05) is 20.8 Å². The fraction of sp³-hybridized carbons (Fsp3) is 0.571. The molecule has 0 amide bonds. The van der Waals surface area contributed by atoms with Crippen LogP contribution in [-0.2, 0) is 0 Å². The number of hydrogen-bond donors (Lipinski definition) is 1. The van der Waals surface area contributed by atoms with Gasteiger partial charge in [-0.2, -0.15) is 0 Å². The number of nitrogens with one attached hydrogen (secondary N) is 1. The highest BCUT2D eigenvalue weighted by Crippen LogP contribution is 2.29. The maximum absolute atomic E-state index is 6.01. The van der Waals surface area contributed by atoms with Gasteiger partial charge >= 0.3 is 0 Å². The first kappa shape index (κ1) is 13.0. The van der Waals surface area contributed by atoms with Crippen molar-refractivity contribution in [1.29, 1.82) is 0 Å². The summed E-state index contributed by atoms with van der Waals surface area (Å²) in [5.74, 6) is 2.32. The molecule has 1 saturated heterocycles. The van der Waals surface area contributed by atoms with Crippen LogP contribution < -0.4 is 19.5 Å². The van der Waals surface area contributed by atoms with Gasteiger partial charge in [-0.25, -0.2) is 0 Å². The van der Waals surface area contributed by atoms with Gasteiger partial charge in [0.05, 0.1) is 14.2 Å². The average Bonchev–Trinajstić information content (AvgIpc) is 2.38.